The van der Waals surface area contributed by atoms with Crippen LogP contribution in [0.3, 0.4) is 0 Å². The predicted octanol–water partition coefficient (Wildman–Crippen LogP) is 2.92. The summed E-state index contributed by atoms with van der Waals surface area (Å²) in [5.41, 5.74) is 3.36. The third-order valence-electron chi connectivity index (χ3n) is 5.28. The summed E-state index contributed by atoms with van der Waals surface area (Å²) < 4.78 is 7.52. The van der Waals surface area contributed by atoms with Crippen LogP contribution in [-0.4, -0.2) is 52.5 Å². The Hall–Kier alpha value is -2.76. The van der Waals surface area contributed by atoms with Gasteiger partial charge in [-0.25, -0.2) is 4.79 Å². The van der Waals surface area contributed by atoms with Crippen LogP contribution < -0.4 is 4.74 Å². The van der Waals surface area contributed by atoms with Crippen LogP contribution in [-0.2, 0) is 18.3 Å². The van der Waals surface area contributed by atoms with Crippen molar-refractivity contribution >= 4 is 12.0 Å². The molecular formula is C21H27N3O3. The Morgan fingerprint density at radius 3 is 2.33 bits per heavy atom. The Morgan fingerprint density at radius 1 is 1.00 bits per heavy atom. The lowest BCUT2D eigenvalue weighted by Gasteiger charge is -2.22. The number of hydrogen-bond donors (Lipinski definition) is 0. The number of benzene rings is 1. The summed E-state index contributed by atoms with van der Waals surface area (Å²) >= 11 is 0. The van der Waals surface area contributed by atoms with Crippen LogP contribution in [0.25, 0.3) is 0 Å². The van der Waals surface area contributed by atoms with Gasteiger partial charge in [0, 0.05) is 44.6 Å². The highest BCUT2D eigenvalue weighted by Crippen LogP contribution is 2.16. The highest BCUT2D eigenvalue weighted by Gasteiger charge is 2.24. The second-order valence-electron chi connectivity index (χ2n) is 7.03. The smallest absolute Gasteiger partial charge is 0.410 e. The van der Waals surface area contributed by atoms with Gasteiger partial charge in [-0.05, 0) is 44.0 Å². The van der Waals surface area contributed by atoms with E-state index in [4.69, 9.17) is 4.74 Å². The Kier molecular flexibility index (Phi) is 5.84. The molecule has 0 unspecified atom stereocenters. The molecule has 0 N–H and O–H groups in total. The van der Waals surface area contributed by atoms with Gasteiger partial charge >= 0.3 is 6.09 Å². The predicted molar refractivity (Wildman–Crippen MR) is 104 cm³/mol. The molecule has 0 spiro atoms. The lowest BCUT2D eigenvalue weighted by atomic mass is 10.1. The number of para-hydroxylation sites is 1. The van der Waals surface area contributed by atoms with Crippen LogP contribution in [0.4, 0.5) is 4.79 Å². The van der Waals surface area contributed by atoms with E-state index in [0.717, 1.165) is 23.4 Å². The van der Waals surface area contributed by atoms with E-state index in [9.17, 15) is 9.59 Å². The molecule has 3 rings (SSSR count). The maximum absolute atomic E-state index is 12.7. The van der Waals surface area contributed by atoms with Crippen molar-refractivity contribution in [2.24, 2.45) is 7.05 Å². The van der Waals surface area contributed by atoms with Gasteiger partial charge in [0.25, 0.3) is 0 Å². The third-order valence-corrected chi connectivity index (χ3v) is 5.28. The first-order valence-electron chi connectivity index (χ1n) is 9.37. The van der Waals surface area contributed by atoms with E-state index in [1.165, 1.54) is 0 Å². The molecule has 144 valence electrons. The highest BCUT2D eigenvalue weighted by molar-refractivity contribution is 5.79. The Morgan fingerprint density at radius 2 is 1.67 bits per heavy atom. The summed E-state index contributed by atoms with van der Waals surface area (Å²) in [7, 11) is 2.01. The van der Waals surface area contributed by atoms with Crippen molar-refractivity contribution in [3.8, 4) is 5.75 Å². The van der Waals surface area contributed by atoms with Gasteiger partial charge in [0.05, 0.1) is 6.42 Å². The molecule has 1 aromatic heterocycles. The zero-order valence-electron chi connectivity index (χ0n) is 16.3. The second-order valence-corrected chi connectivity index (χ2v) is 7.03. The van der Waals surface area contributed by atoms with E-state index in [2.05, 4.69) is 10.6 Å². The fourth-order valence-corrected chi connectivity index (χ4v) is 3.39. The van der Waals surface area contributed by atoms with E-state index < -0.39 is 0 Å². The molecule has 0 saturated carbocycles. The molecule has 2 heterocycles. The van der Waals surface area contributed by atoms with Crippen LogP contribution in [0, 0.1) is 13.8 Å². The van der Waals surface area contributed by atoms with Crippen LogP contribution in [0.2, 0.25) is 0 Å². The number of aryl methyl sites for hydroxylation is 1. The number of ether oxygens (including phenoxy) is 1. The number of rotatable bonds is 3. The van der Waals surface area contributed by atoms with Gasteiger partial charge < -0.3 is 19.1 Å². The van der Waals surface area contributed by atoms with Crippen LogP contribution in [0.1, 0.15) is 23.4 Å². The average molecular weight is 369 g/mol. The minimum atomic E-state index is -0.356. The van der Waals surface area contributed by atoms with Crippen molar-refractivity contribution < 1.29 is 14.3 Å². The molecule has 1 saturated heterocycles. The van der Waals surface area contributed by atoms with Crippen LogP contribution in [0.15, 0.2) is 36.4 Å². The standard InChI is InChI=1S/C21H27N3O3/c1-16-14-18(17(2)22(16)3)15-20(25)23-10-7-11-24(13-12-23)21(26)27-19-8-5-4-6-9-19/h4-6,8-9,14H,7,10-13,15H2,1-3H3. The minimum Gasteiger partial charge on any atom is -0.410 e. The summed E-state index contributed by atoms with van der Waals surface area (Å²) in [5, 5.41) is 0. The Labute approximate surface area is 160 Å². The van der Waals surface area contributed by atoms with Crippen molar-refractivity contribution in [2.75, 3.05) is 26.2 Å². The van der Waals surface area contributed by atoms with Crippen molar-refractivity contribution in [1.29, 1.82) is 0 Å². The molecule has 27 heavy (non-hydrogen) atoms. The van der Waals surface area contributed by atoms with Crippen molar-refractivity contribution in [3.63, 3.8) is 0 Å². The van der Waals surface area contributed by atoms with E-state index in [0.29, 0.717) is 38.3 Å². The van der Waals surface area contributed by atoms with Gasteiger partial charge in [-0.1, -0.05) is 18.2 Å². The summed E-state index contributed by atoms with van der Waals surface area (Å²) in [4.78, 5) is 28.7. The maximum Gasteiger partial charge on any atom is 0.415 e. The topological polar surface area (TPSA) is 54.8 Å². The molecule has 0 radical (unpaired) electrons. The number of amides is 2. The molecular weight excluding hydrogens is 342 g/mol. The van der Waals surface area contributed by atoms with Gasteiger partial charge in [-0.2, -0.15) is 0 Å². The minimum absolute atomic E-state index is 0.113. The van der Waals surface area contributed by atoms with Gasteiger partial charge in [0.15, 0.2) is 0 Å². The SMILES string of the molecule is Cc1cc(CC(=O)N2CCCN(C(=O)Oc3ccccc3)CC2)c(C)n1C. The number of carbonyl (C=O) groups is 2. The van der Waals surface area contributed by atoms with Crippen molar-refractivity contribution in [2.45, 2.75) is 26.7 Å². The second kappa shape index (κ2) is 8.29. The van der Waals surface area contributed by atoms with Gasteiger partial charge in [0.1, 0.15) is 5.75 Å². The lowest BCUT2D eigenvalue weighted by Crippen LogP contribution is -2.39. The highest BCUT2D eigenvalue weighted by atomic mass is 16.6. The van der Waals surface area contributed by atoms with Gasteiger partial charge in [-0.3, -0.25) is 4.79 Å². The van der Waals surface area contributed by atoms with Gasteiger partial charge in [0.2, 0.25) is 5.91 Å². The Bertz CT molecular complexity index is 814. The molecule has 0 bridgehead atoms. The maximum atomic E-state index is 12.7. The number of hydrogen-bond acceptors (Lipinski definition) is 3. The largest absolute Gasteiger partial charge is 0.415 e. The number of carbonyl (C=O) groups excluding carboxylic acids is 2. The van der Waals surface area contributed by atoms with Crippen LogP contribution in [0.5, 0.6) is 5.75 Å². The molecule has 6 nitrogen and oxygen atoms in total. The molecule has 1 aliphatic heterocycles. The molecule has 1 aliphatic rings. The normalized spacial score (nSPS) is 14.8. The van der Waals surface area contributed by atoms with E-state index >= 15 is 0 Å². The summed E-state index contributed by atoms with van der Waals surface area (Å²) in [6.07, 6.45) is 0.801. The first kappa shape index (κ1) is 19.0. The number of aromatic nitrogens is 1. The van der Waals surface area contributed by atoms with E-state index in [1.54, 1.807) is 17.0 Å². The summed E-state index contributed by atoms with van der Waals surface area (Å²) in [6.45, 7) is 6.37. The monoisotopic (exact) mass is 369 g/mol. The molecule has 6 heteroatoms. The van der Waals surface area contributed by atoms with Crippen molar-refractivity contribution in [3.05, 3.63) is 53.3 Å². The molecule has 0 atom stereocenters. The molecule has 2 amide bonds. The lowest BCUT2D eigenvalue weighted by molar-refractivity contribution is -0.130. The van der Waals surface area contributed by atoms with E-state index in [1.807, 2.05) is 44.0 Å². The zero-order valence-corrected chi connectivity index (χ0v) is 16.3. The fraction of sp³-hybridized carbons (Fsp3) is 0.429. The third kappa shape index (κ3) is 4.51. The molecule has 1 aromatic carbocycles. The van der Waals surface area contributed by atoms with Crippen LogP contribution >= 0.6 is 0 Å². The summed E-state index contributed by atoms with van der Waals surface area (Å²) in [6, 6.07) is 11.1. The summed E-state index contributed by atoms with van der Waals surface area (Å²) in [5.74, 6) is 0.650. The van der Waals surface area contributed by atoms with Crippen molar-refractivity contribution in [1.82, 2.24) is 14.4 Å². The molecule has 0 aliphatic carbocycles. The number of nitrogens with zero attached hydrogens (tertiary/aromatic N) is 3. The van der Waals surface area contributed by atoms with Gasteiger partial charge in [-0.15, -0.1) is 0 Å². The fourth-order valence-electron chi connectivity index (χ4n) is 3.39. The Balaban J connectivity index is 1.56. The zero-order chi connectivity index (χ0) is 19.4. The quantitative estimate of drug-likeness (QED) is 0.836. The molecule has 1 fully saturated rings. The van der Waals surface area contributed by atoms with E-state index in [-0.39, 0.29) is 12.0 Å². The molecule has 2 aromatic rings. The first-order chi connectivity index (χ1) is 13.0. The average Bonchev–Trinajstić information content (AvgIpc) is 2.86. The first-order valence-corrected chi connectivity index (χ1v) is 9.37.